The maximum atomic E-state index is 14.4. The predicted molar refractivity (Wildman–Crippen MR) is 98.5 cm³/mol. The van der Waals surface area contributed by atoms with E-state index in [1.54, 1.807) is 0 Å². The molecule has 0 bridgehead atoms. The molecule has 0 radical (unpaired) electrons. The average molecular weight is 321 g/mol. The standard InChI is InChI=1S/C20H16FNS/c1-12-6-3-4-8-16(12)22-17-9-5-7-14-15-11-10-13(2)18(21)20(15)23-19(14)17/h3-11,22H,1-2H3. The third-order valence-electron chi connectivity index (χ3n) is 4.21. The van der Waals surface area contributed by atoms with Crippen LogP contribution in [0.25, 0.3) is 20.2 Å². The Morgan fingerprint density at radius 2 is 1.48 bits per heavy atom. The van der Waals surface area contributed by atoms with Crippen molar-refractivity contribution in [1.82, 2.24) is 0 Å². The number of hydrogen-bond donors (Lipinski definition) is 1. The molecule has 0 aliphatic rings. The van der Waals surface area contributed by atoms with Crippen molar-refractivity contribution in [1.29, 1.82) is 0 Å². The van der Waals surface area contributed by atoms with Crippen LogP contribution in [0.2, 0.25) is 0 Å². The number of anilines is 2. The topological polar surface area (TPSA) is 12.0 Å². The molecule has 0 amide bonds. The Labute approximate surface area is 138 Å². The SMILES string of the molecule is Cc1ccccc1Nc1cccc2c1sc1c(F)c(C)ccc12. The molecule has 114 valence electrons. The monoisotopic (exact) mass is 321 g/mol. The zero-order valence-electron chi connectivity index (χ0n) is 13.0. The van der Waals surface area contributed by atoms with Crippen LogP contribution < -0.4 is 5.32 Å². The summed E-state index contributed by atoms with van der Waals surface area (Å²) in [6, 6.07) is 18.2. The van der Waals surface area contributed by atoms with E-state index in [2.05, 4.69) is 36.5 Å². The summed E-state index contributed by atoms with van der Waals surface area (Å²) in [6.45, 7) is 3.89. The molecule has 0 spiro atoms. The largest absolute Gasteiger partial charge is 0.354 e. The van der Waals surface area contributed by atoms with Gasteiger partial charge in [0.15, 0.2) is 0 Å². The van der Waals surface area contributed by atoms with Gasteiger partial charge in [-0.1, -0.05) is 42.5 Å². The Bertz CT molecular complexity index is 1030. The van der Waals surface area contributed by atoms with Crippen LogP contribution >= 0.6 is 11.3 Å². The van der Waals surface area contributed by atoms with Crippen LogP contribution in [0.4, 0.5) is 15.8 Å². The smallest absolute Gasteiger partial charge is 0.143 e. The van der Waals surface area contributed by atoms with Gasteiger partial charge in [0.1, 0.15) is 5.82 Å². The minimum atomic E-state index is -0.106. The number of nitrogens with one attached hydrogen (secondary N) is 1. The van der Waals surface area contributed by atoms with Crippen LogP contribution in [0.1, 0.15) is 11.1 Å². The quantitative estimate of drug-likeness (QED) is 0.441. The van der Waals surface area contributed by atoms with Gasteiger partial charge in [0.05, 0.1) is 15.1 Å². The summed E-state index contributed by atoms with van der Waals surface area (Å²) in [5, 5.41) is 5.59. The molecule has 1 nitrogen and oxygen atoms in total. The molecule has 1 N–H and O–H groups in total. The van der Waals surface area contributed by atoms with Gasteiger partial charge in [0, 0.05) is 16.5 Å². The Morgan fingerprint density at radius 3 is 2.30 bits per heavy atom. The van der Waals surface area contributed by atoms with Crippen molar-refractivity contribution in [3.05, 3.63) is 71.5 Å². The number of hydrogen-bond acceptors (Lipinski definition) is 2. The highest BCUT2D eigenvalue weighted by molar-refractivity contribution is 7.26. The lowest BCUT2D eigenvalue weighted by Gasteiger charge is -2.10. The van der Waals surface area contributed by atoms with Crippen LogP contribution in [0.15, 0.2) is 54.6 Å². The highest BCUT2D eigenvalue weighted by Gasteiger charge is 2.13. The lowest BCUT2D eigenvalue weighted by Crippen LogP contribution is -1.92. The first kappa shape index (κ1) is 14.2. The minimum absolute atomic E-state index is 0.106. The maximum absolute atomic E-state index is 14.4. The van der Waals surface area contributed by atoms with Crippen molar-refractivity contribution in [2.75, 3.05) is 5.32 Å². The zero-order valence-corrected chi connectivity index (χ0v) is 13.8. The summed E-state index contributed by atoms with van der Waals surface area (Å²) in [6.07, 6.45) is 0. The van der Waals surface area contributed by atoms with Crippen LogP contribution in [0, 0.1) is 19.7 Å². The van der Waals surface area contributed by atoms with Gasteiger partial charge in [-0.05, 0) is 37.1 Å². The van der Waals surface area contributed by atoms with Crippen LogP contribution in [0.3, 0.4) is 0 Å². The Balaban J connectivity index is 1.94. The van der Waals surface area contributed by atoms with E-state index in [4.69, 9.17) is 0 Å². The number of rotatable bonds is 2. The van der Waals surface area contributed by atoms with Gasteiger partial charge in [0.2, 0.25) is 0 Å². The fourth-order valence-electron chi connectivity index (χ4n) is 2.88. The molecule has 3 heteroatoms. The van der Waals surface area contributed by atoms with Gasteiger partial charge < -0.3 is 5.32 Å². The molecular weight excluding hydrogens is 305 g/mol. The van der Waals surface area contributed by atoms with Gasteiger partial charge in [-0.25, -0.2) is 4.39 Å². The summed E-state index contributed by atoms with van der Waals surface area (Å²) in [4.78, 5) is 0. The van der Waals surface area contributed by atoms with Gasteiger partial charge in [0.25, 0.3) is 0 Å². The zero-order chi connectivity index (χ0) is 16.0. The summed E-state index contributed by atoms with van der Waals surface area (Å²) in [5.74, 6) is -0.106. The second kappa shape index (κ2) is 5.36. The van der Waals surface area contributed by atoms with E-state index < -0.39 is 0 Å². The van der Waals surface area contributed by atoms with Crippen LogP contribution in [0.5, 0.6) is 0 Å². The molecule has 0 aliphatic carbocycles. The number of halogens is 1. The van der Waals surface area contributed by atoms with E-state index in [0.717, 1.165) is 31.5 Å². The van der Waals surface area contributed by atoms with Crippen molar-refractivity contribution in [2.45, 2.75) is 13.8 Å². The summed E-state index contributed by atoms with van der Waals surface area (Å²) < 4.78 is 16.3. The Kier molecular flexibility index (Phi) is 3.31. The third-order valence-corrected chi connectivity index (χ3v) is 5.46. The molecule has 23 heavy (non-hydrogen) atoms. The van der Waals surface area contributed by atoms with E-state index in [9.17, 15) is 4.39 Å². The van der Waals surface area contributed by atoms with Crippen molar-refractivity contribution >= 4 is 42.9 Å². The summed E-state index contributed by atoms with van der Waals surface area (Å²) in [5.41, 5.74) is 3.98. The number of benzene rings is 3. The van der Waals surface area contributed by atoms with Gasteiger partial charge >= 0.3 is 0 Å². The van der Waals surface area contributed by atoms with E-state index in [0.29, 0.717) is 5.56 Å². The predicted octanol–water partition coefficient (Wildman–Crippen LogP) is 6.55. The van der Waals surface area contributed by atoms with Gasteiger partial charge in [-0.2, -0.15) is 0 Å². The van der Waals surface area contributed by atoms with Crippen molar-refractivity contribution in [2.24, 2.45) is 0 Å². The first-order valence-corrected chi connectivity index (χ1v) is 8.40. The average Bonchev–Trinajstić information content (AvgIpc) is 2.94. The minimum Gasteiger partial charge on any atom is -0.354 e. The second-order valence-corrected chi connectivity index (χ2v) is 6.82. The molecule has 1 heterocycles. The normalized spacial score (nSPS) is 11.3. The van der Waals surface area contributed by atoms with E-state index in [-0.39, 0.29) is 5.82 Å². The number of fused-ring (bicyclic) bond motifs is 3. The molecule has 0 atom stereocenters. The Hall–Kier alpha value is -2.39. The molecule has 0 saturated carbocycles. The summed E-state index contributed by atoms with van der Waals surface area (Å²) in [7, 11) is 0. The molecule has 0 aliphatic heterocycles. The molecule has 0 saturated heterocycles. The van der Waals surface area contributed by atoms with Gasteiger partial charge in [-0.3, -0.25) is 0 Å². The van der Waals surface area contributed by atoms with Crippen molar-refractivity contribution in [3.63, 3.8) is 0 Å². The number of thiophene rings is 1. The highest BCUT2D eigenvalue weighted by atomic mass is 32.1. The summed E-state index contributed by atoms with van der Waals surface area (Å²) >= 11 is 1.52. The molecule has 0 fully saturated rings. The number of aryl methyl sites for hydroxylation is 2. The first-order chi connectivity index (χ1) is 11.1. The first-order valence-electron chi connectivity index (χ1n) is 7.58. The van der Waals surface area contributed by atoms with E-state index in [1.165, 1.54) is 16.9 Å². The third kappa shape index (κ3) is 2.28. The van der Waals surface area contributed by atoms with Gasteiger partial charge in [-0.15, -0.1) is 11.3 Å². The molecule has 4 rings (SSSR count). The second-order valence-electron chi connectivity index (χ2n) is 5.80. The molecule has 0 unspecified atom stereocenters. The van der Waals surface area contributed by atoms with Crippen LogP contribution in [-0.4, -0.2) is 0 Å². The highest BCUT2D eigenvalue weighted by Crippen LogP contribution is 2.40. The molecule has 3 aromatic carbocycles. The van der Waals surface area contributed by atoms with Crippen molar-refractivity contribution in [3.8, 4) is 0 Å². The lowest BCUT2D eigenvalue weighted by molar-refractivity contribution is 0.632. The maximum Gasteiger partial charge on any atom is 0.143 e. The van der Waals surface area contributed by atoms with Crippen molar-refractivity contribution < 1.29 is 4.39 Å². The number of para-hydroxylation sites is 1. The van der Waals surface area contributed by atoms with E-state index in [1.807, 2.05) is 37.3 Å². The Morgan fingerprint density at radius 1 is 0.739 bits per heavy atom. The lowest BCUT2D eigenvalue weighted by atomic mass is 10.1. The molecular formula is C20H16FNS. The van der Waals surface area contributed by atoms with Crippen LogP contribution in [-0.2, 0) is 0 Å². The fourth-order valence-corrected chi connectivity index (χ4v) is 4.14. The van der Waals surface area contributed by atoms with E-state index >= 15 is 0 Å². The fraction of sp³-hybridized carbons (Fsp3) is 0.100. The molecule has 4 aromatic rings. The molecule has 1 aromatic heterocycles.